The minimum atomic E-state index is 0.709. The standard InChI is InChI=1S/C22H32N2O3/c1-25-16-14-24(15-17-26-2)21-8-4-19(5-9-21)12-13-23-18-20-6-10-22(27-3)11-7-20/h4-11,23H,12-18H2,1-3H3. The van der Waals surface area contributed by atoms with Crippen molar-refractivity contribution in [3.8, 4) is 5.75 Å². The fraction of sp³-hybridized carbons (Fsp3) is 0.455. The zero-order chi connectivity index (χ0) is 19.3. The predicted molar refractivity (Wildman–Crippen MR) is 111 cm³/mol. The molecule has 0 bridgehead atoms. The van der Waals surface area contributed by atoms with Crippen LogP contribution in [-0.4, -0.2) is 54.2 Å². The topological polar surface area (TPSA) is 43.0 Å². The van der Waals surface area contributed by atoms with Crippen LogP contribution in [0.2, 0.25) is 0 Å². The molecule has 0 radical (unpaired) electrons. The Labute approximate surface area is 163 Å². The zero-order valence-corrected chi connectivity index (χ0v) is 16.7. The maximum Gasteiger partial charge on any atom is 0.118 e. The third kappa shape index (κ3) is 7.59. The van der Waals surface area contributed by atoms with Gasteiger partial charge in [-0.05, 0) is 48.4 Å². The van der Waals surface area contributed by atoms with E-state index in [1.807, 2.05) is 12.1 Å². The molecule has 148 valence electrons. The Morgan fingerprint density at radius 3 is 1.93 bits per heavy atom. The molecule has 0 amide bonds. The maximum absolute atomic E-state index is 5.21. The molecular weight excluding hydrogens is 340 g/mol. The van der Waals surface area contributed by atoms with Crippen molar-refractivity contribution in [1.82, 2.24) is 5.32 Å². The van der Waals surface area contributed by atoms with E-state index in [0.717, 1.165) is 38.3 Å². The van der Waals surface area contributed by atoms with Gasteiger partial charge in [0, 0.05) is 39.5 Å². The number of anilines is 1. The Hall–Kier alpha value is -2.08. The first-order chi connectivity index (χ1) is 13.3. The van der Waals surface area contributed by atoms with Crippen LogP contribution in [0.4, 0.5) is 5.69 Å². The van der Waals surface area contributed by atoms with Crippen LogP contribution in [-0.2, 0) is 22.4 Å². The van der Waals surface area contributed by atoms with Crippen molar-refractivity contribution in [3.05, 3.63) is 59.7 Å². The number of methoxy groups -OCH3 is 3. The fourth-order valence-corrected chi connectivity index (χ4v) is 2.86. The van der Waals surface area contributed by atoms with Gasteiger partial charge in [-0.3, -0.25) is 0 Å². The van der Waals surface area contributed by atoms with Crippen LogP contribution in [0.1, 0.15) is 11.1 Å². The average Bonchev–Trinajstić information content (AvgIpc) is 2.72. The Morgan fingerprint density at radius 1 is 0.778 bits per heavy atom. The second-order valence-electron chi connectivity index (χ2n) is 6.41. The lowest BCUT2D eigenvalue weighted by Crippen LogP contribution is -2.30. The van der Waals surface area contributed by atoms with Crippen LogP contribution >= 0.6 is 0 Å². The molecule has 2 aromatic carbocycles. The van der Waals surface area contributed by atoms with Crippen molar-refractivity contribution >= 4 is 5.69 Å². The van der Waals surface area contributed by atoms with Gasteiger partial charge in [-0.25, -0.2) is 0 Å². The quantitative estimate of drug-likeness (QED) is 0.547. The minimum absolute atomic E-state index is 0.709. The van der Waals surface area contributed by atoms with Crippen molar-refractivity contribution in [2.75, 3.05) is 59.1 Å². The summed E-state index contributed by atoms with van der Waals surface area (Å²) in [5.41, 5.74) is 3.80. The second-order valence-corrected chi connectivity index (χ2v) is 6.41. The van der Waals surface area contributed by atoms with Crippen molar-refractivity contribution in [2.45, 2.75) is 13.0 Å². The number of hydrogen-bond donors (Lipinski definition) is 1. The van der Waals surface area contributed by atoms with E-state index in [4.69, 9.17) is 14.2 Å². The number of ether oxygens (including phenoxy) is 3. The van der Waals surface area contributed by atoms with E-state index >= 15 is 0 Å². The minimum Gasteiger partial charge on any atom is -0.497 e. The van der Waals surface area contributed by atoms with Crippen molar-refractivity contribution < 1.29 is 14.2 Å². The smallest absolute Gasteiger partial charge is 0.118 e. The van der Waals surface area contributed by atoms with Crippen molar-refractivity contribution in [3.63, 3.8) is 0 Å². The van der Waals surface area contributed by atoms with Crippen molar-refractivity contribution in [1.29, 1.82) is 0 Å². The van der Waals surface area contributed by atoms with Crippen LogP contribution in [0.3, 0.4) is 0 Å². The molecule has 27 heavy (non-hydrogen) atoms. The lowest BCUT2D eigenvalue weighted by Gasteiger charge is -2.24. The van der Waals surface area contributed by atoms with Gasteiger partial charge < -0.3 is 24.4 Å². The number of hydrogen-bond acceptors (Lipinski definition) is 5. The molecule has 2 rings (SSSR count). The molecule has 1 N–H and O–H groups in total. The van der Waals surface area contributed by atoms with Gasteiger partial charge in [0.25, 0.3) is 0 Å². The molecule has 5 heteroatoms. The first kappa shape index (κ1) is 21.2. The van der Waals surface area contributed by atoms with E-state index in [1.54, 1.807) is 21.3 Å². The number of benzene rings is 2. The van der Waals surface area contributed by atoms with Crippen LogP contribution in [0.25, 0.3) is 0 Å². The van der Waals surface area contributed by atoms with E-state index in [0.29, 0.717) is 13.2 Å². The highest BCUT2D eigenvalue weighted by Gasteiger charge is 2.06. The largest absolute Gasteiger partial charge is 0.497 e. The molecule has 0 aliphatic carbocycles. The Kier molecular flexibility index (Phi) is 9.69. The van der Waals surface area contributed by atoms with Gasteiger partial charge in [0.1, 0.15) is 5.75 Å². The van der Waals surface area contributed by atoms with Crippen LogP contribution in [0.15, 0.2) is 48.5 Å². The normalized spacial score (nSPS) is 10.8. The molecule has 0 atom stereocenters. The Morgan fingerprint density at radius 2 is 1.37 bits per heavy atom. The third-order valence-electron chi connectivity index (χ3n) is 4.51. The zero-order valence-electron chi connectivity index (χ0n) is 16.7. The summed E-state index contributed by atoms with van der Waals surface area (Å²) in [6.07, 6.45) is 1.01. The van der Waals surface area contributed by atoms with Crippen LogP contribution < -0.4 is 15.0 Å². The predicted octanol–water partition coefficient (Wildman–Crippen LogP) is 3.13. The van der Waals surface area contributed by atoms with Gasteiger partial charge in [-0.1, -0.05) is 24.3 Å². The SMILES string of the molecule is COCCN(CCOC)c1ccc(CCNCc2ccc(OC)cc2)cc1. The van der Waals surface area contributed by atoms with Gasteiger partial charge in [0.2, 0.25) is 0 Å². The molecule has 0 unspecified atom stereocenters. The lowest BCUT2D eigenvalue weighted by atomic mass is 10.1. The van der Waals surface area contributed by atoms with E-state index in [-0.39, 0.29) is 0 Å². The third-order valence-corrected chi connectivity index (χ3v) is 4.51. The summed E-state index contributed by atoms with van der Waals surface area (Å²) in [6, 6.07) is 17.0. The number of nitrogens with one attached hydrogen (secondary N) is 1. The Balaban J connectivity index is 1.77. The molecular formula is C22H32N2O3. The molecule has 0 saturated heterocycles. The monoisotopic (exact) mass is 372 g/mol. The number of rotatable bonds is 13. The van der Waals surface area contributed by atoms with Crippen LogP contribution in [0.5, 0.6) is 5.75 Å². The molecule has 0 fully saturated rings. The summed E-state index contributed by atoms with van der Waals surface area (Å²) in [6.45, 7) is 4.96. The molecule has 0 aromatic heterocycles. The first-order valence-corrected chi connectivity index (χ1v) is 9.42. The molecule has 0 aliphatic rings. The van der Waals surface area contributed by atoms with Crippen molar-refractivity contribution in [2.24, 2.45) is 0 Å². The second kappa shape index (κ2) is 12.3. The van der Waals surface area contributed by atoms with E-state index < -0.39 is 0 Å². The van der Waals surface area contributed by atoms with Crippen LogP contribution in [0, 0.1) is 0 Å². The molecule has 0 aliphatic heterocycles. The molecule has 0 saturated carbocycles. The molecule has 0 spiro atoms. The summed E-state index contributed by atoms with van der Waals surface area (Å²) in [5.74, 6) is 0.892. The van der Waals surface area contributed by atoms with E-state index in [2.05, 4.69) is 46.6 Å². The van der Waals surface area contributed by atoms with Gasteiger partial charge in [-0.2, -0.15) is 0 Å². The summed E-state index contributed by atoms with van der Waals surface area (Å²) in [7, 11) is 5.15. The first-order valence-electron chi connectivity index (χ1n) is 9.42. The van der Waals surface area contributed by atoms with E-state index in [1.165, 1.54) is 16.8 Å². The molecule has 2 aromatic rings. The van der Waals surface area contributed by atoms with E-state index in [9.17, 15) is 0 Å². The summed E-state index contributed by atoms with van der Waals surface area (Å²) in [5, 5.41) is 3.50. The van der Waals surface area contributed by atoms with Gasteiger partial charge in [0.05, 0.1) is 20.3 Å². The maximum atomic E-state index is 5.21. The summed E-state index contributed by atoms with van der Waals surface area (Å²) < 4.78 is 15.6. The highest BCUT2D eigenvalue weighted by atomic mass is 16.5. The molecule has 0 heterocycles. The van der Waals surface area contributed by atoms with Gasteiger partial charge in [0.15, 0.2) is 0 Å². The summed E-state index contributed by atoms with van der Waals surface area (Å²) in [4.78, 5) is 2.29. The highest BCUT2D eigenvalue weighted by Crippen LogP contribution is 2.16. The van der Waals surface area contributed by atoms with Gasteiger partial charge >= 0.3 is 0 Å². The fourth-order valence-electron chi connectivity index (χ4n) is 2.86. The highest BCUT2D eigenvalue weighted by molar-refractivity contribution is 5.47. The number of nitrogens with zero attached hydrogens (tertiary/aromatic N) is 1. The van der Waals surface area contributed by atoms with Gasteiger partial charge in [-0.15, -0.1) is 0 Å². The molecule has 5 nitrogen and oxygen atoms in total. The lowest BCUT2D eigenvalue weighted by molar-refractivity contribution is 0.190. The average molecular weight is 373 g/mol. The summed E-state index contributed by atoms with van der Waals surface area (Å²) >= 11 is 0. The Bertz CT molecular complexity index is 621.